The third kappa shape index (κ3) is 1.02. The van der Waals surface area contributed by atoms with Gasteiger partial charge < -0.3 is 5.11 Å². The summed E-state index contributed by atoms with van der Waals surface area (Å²) in [5.74, 6) is 2.28. The van der Waals surface area contributed by atoms with Crippen LogP contribution in [0.1, 0.15) is 26.2 Å². The summed E-state index contributed by atoms with van der Waals surface area (Å²) >= 11 is 0. The zero-order valence-electron chi connectivity index (χ0n) is 7.09. The maximum atomic E-state index is 9.67. The highest BCUT2D eigenvalue weighted by Gasteiger charge is 2.55. The molecule has 62 valence electrons. The van der Waals surface area contributed by atoms with Gasteiger partial charge in [0.2, 0.25) is 0 Å². The van der Waals surface area contributed by atoms with Gasteiger partial charge in [-0.05, 0) is 37.5 Å². The average Bonchev–Trinajstić information content (AvgIpc) is 2.41. The quantitative estimate of drug-likeness (QED) is 0.600. The van der Waals surface area contributed by atoms with Crippen molar-refractivity contribution in [1.29, 1.82) is 0 Å². The van der Waals surface area contributed by atoms with Gasteiger partial charge >= 0.3 is 0 Å². The molecule has 2 aliphatic carbocycles. The normalized spacial score (nSPS) is 43.3. The van der Waals surface area contributed by atoms with E-state index in [9.17, 15) is 5.11 Å². The van der Waals surface area contributed by atoms with E-state index in [-0.39, 0.29) is 6.10 Å². The second kappa shape index (κ2) is 2.34. The molecule has 0 aromatic heterocycles. The van der Waals surface area contributed by atoms with Gasteiger partial charge in [-0.1, -0.05) is 18.6 Å². The first-order valence-corrected chi connectivity index (χ1v) is 4.55. The van der Waals surface area contributed by atoms with Crippen molar-refractivity contribution >= 4 is 0 Å². The molecule has 1 heteroatoms. The molecule has 1 nitrogen and oxygen atoms in total. The lowest BCUT2D eigenvalue weighted by molar-refractivity contribution is 0.170. The Labute approximate surface area is 68.1 Å². The molecule has 0 spiro atoms. The molecule has 0 radical (unpaired) electrons. The lowest BCUT2D eigenvalue weighted by Gasteiger charge is -2.11. The van der Waals surface area contributed by atoms with E-state index >= 15 is 0 Å². The molecule has 1 N–H and O–H groups in total. The summed E-state index contributed by atoms with van der Waals surface area (Å²) in [6, 6.07) is 0. The number of rotatable bonds is 2. The highest BCUT2D eigenvalue weighted by atomic mass is 16.3. The van der Waals surface area contributed by atoms with Crippen molar-refractivity contribution in [3.63, 3.8) is 0 Å². The summed E-state index contributed by atoms with van der Waals surface area (Å²) in [5.41, 5.74) is 0.949. The van der Waals surface area contributed by atoms with Gasteiger partial charge in [-0.15, -0.1) is 0 Å². The van der Waals surface area contributed by atoms with Gasteiger partial charge in [-0.2, -0.15) is 0 Å². The van der Waals surface area contributed by atoms with E-state index < -0.39 is 0 Å². The van der Waals surface area contributed by atoms with Gasteiger partial charge in [0, 0.05) is 0 Å². The summed E-state index contributed by atoms with van der Waals surface area (Å²) in [5, 5.41) is 9.67. The van der Waals surface area contributed by atoms with Crippen molar-refractivity contribution in [2.75, 3.05) is 0 Å². The Morgan fingerprint density at radius 3 is 2.45 bits per heavy atom. The number of aliphatic hydroxyl groups excluding tert-OH is 1. The van der Waals surface area contributed by atoms with Crippen LogP contribution in [0.4, 0.5) is 0 Å². The third-order valence-electron chi connectivity index (χ3n) is 3.34. The third-order valence-corrected chi connectivity index (χ3v) is 3.34. The predicted octanol–water partition coefficient (Wildman–Crippen LogP) is 1.97. The molecule has 2 saturated carbocycles. The fraction of sp³-hybridized carbons (Fsp3) is 0.800. The Morgan fingerprint density at radius 1 is 1.45 bits per heavy atom. The van der Waals surface area contributed by atoms with E-state index in [0.717, 1.165) is 17.4 Å². The van der Waals surface area contributed by atoms with Crippen molar-refractivity contribution in [1.82, 2.24) is 0 Å². The van der Waals surface area contributed by atoms with E-state index in [2.05, 4.69) is 6.58 Å². The van der Waals surface area contributed by atoms with Crippen LogP contribution in [0.25, 0.3) is 0 Å². The SMILES string of the molecule is C=C(C)C(O)C1C2CCCC21. The van der Waals surface area contributed by atoms with Crippen LogP contribution < -0.4 is 0 Å². The lowest BCUT2D eigenvalue weighted by Crippen LogP contribution is -2.13. The molecule has 2 fully saturated rings. The Hall–Kier alpha value is -0.300. The molecule has 0 heterocycles. The molecule has 0 aliphatic heterocycles. The lowest BCUT2D eigenvalue weighted by atomic mass is 10.0. The van der Waals surface area contributed by atoms with Gasteiger partial charge in [0.1, 0.15) is 0 Å². The molecule has 3 unspecified atom stereocenters. The van der Waals surface area contributed by atoms with Crippen molar-refractivity contribution in [3.8, 4) is 0 Å². The molecule has 0 amide bonds. The maximum Gasteiger partial charge on any atom is 0.0778 e. The smallest absolute Gasteiger partial charge is 0.0778 e. The minimum Gasteiger partial charge on any atom is -0.388 e. The number of aliphatic hydroxyl groups is 1. The molecule has 2 aliphatic rings. The first-order valence-electron chi connectivity index (χ1n) is 4.55. The van der Waals surface area contributed by atoms with Gasteiger partial charge in [0.25, 0.3) is 0 Å². The first kappa shape index (κ1) is 7.35. The summed E-state index contributed by atoms with van der Waals surface area (Å²) in [7, 11) is 0. The fourth-order valence-corrected chi connectivity index (χ4v) is 2.67. The van der Waals surface area contributed by atoms with Crippen molar-refractivity contribution in [2.45, 2.75) is 32.3 Å². The van der Waals surface area contributed by atoms with Gasteiger partial charge in [0.15, 0.2) is 0 Å². The summed E-state index contributed by atoms with van der Waals surface area (Å²) in [4.78, 5) is 0. The van der Waals surface area contributed by atoms with E-state index in [1.165, 1.54) is 19.3 Å². The monoisotopic (exact) mass is 152 g/mol. The summed E-state index contributed by atoms with van der Waals surface area (Å²) in [6.45, 7) is 5.72. The minimum absolute atomic E-state index is 0.203. The summed E-state index contributed by atoms with van der Waals surface area (Å²) < 4.78 is 0. The molecule has 0 bridgehead atoms. The second-order valence-corrected chi connectivity index (χ2v) is 4.13. The first-order chi connectivity index (χ1) is 5.22. The maximum absolute atomic E-state index is 9.67. The predicted molar refractivity (Wildman–Crippen MR) is 45.1 cm³/mol. The molecule has 2 rings (SSSR count). The molecule has 0 saturated heterocycles. The van der Waals surface area contributed by atoms with Crippen LogP contribution in [-0.2, 0) is 0 Å². The molecule has 11 heavy (non-hydrogen) atoms. The zero-order chi connectivity index (χ0) is 8.01. The molecule has 0 aromatic carbocycles. The minimum atomic E-state index is -0.203. The number of fused-ring (bicyclic) bond motifs is 1. The van der Waals surface area contributed by atoms with Gasteiger partial charge in [-0.3, -0.25) is 0 Å². The molecule has 0 aromatic rings. The van der Waals surface area contributed by atoms with Crippen LogP contribution in [0, 0.1) is 17.8 Å². The average molecular weight is 152 g/mol. The Bertz CT molecular complexity index is 175. The van der Waals surface area contributed by atoms with Crippen molar-refractivity contribution < 1.29 is 5.11 Å². The summed E-state index contributed by atoms with van der Waals surface area (Å²) in [6.07, 6.45) is 3.87. The van der Waals surface area contributed by atoms with Gasteiger partial charge in [0.05, 0.1) is 6.10 Å². The van der Waals surface area contributed by atoms with Crippen LogP contribution in [0.3, 0.4) is 0 Å². The Morgan fingerprint density at radius 2 is 2.00 bits per heavy atom. The van der Waals surface area contributed by atoms with Gasteiger partial charge in [-0.25, -0.2) is 0 Å². The number of hydrogen-bond donors (Lipinski definition) is 1. The standard InChI is InChI=1S/C10H16O/c1-6(2)10(11)9-7-4-3-5-8(7)9/h7-11H,1,3-5H2,2H3. The van der Waals surface area contributed by atoms with Crippen molar-refractivity contribution in [3.05, 3.63) is 12.2 Å². The molecule has 3 atom stereocenters. The highest BCUT2D eigenvalue weighted by molar-refractivity contribution is 5.13. The van der Waals surface area contributed by atoms with E-state index in [0.29, 0.717) is 5.92 Å². The number of hydrogen-bond acceptors (Lipinski definition) is 1. The fourth-order valence-electron chi connectivity index (χ4n) is 2.67. The van der Waals surface area contributed by atoms with Crippen LogP contribution in [0.5, 0.6) is 0 Å². The van der Waals surface area contributed by atoms with E-state index in [1.54, 1.807) is 0 Å². The highest BCUT2D eigenvalue weighted by Crippen LogP contribution is 2.59. The Balaban J connectivity index is 1.95. The Kier molecular flexibility index (Phi) is 1.57. The van der Waals surface area contributed by atoms with Crippen LogP contribution in [0.15, 0.2) is 12.2 Å². The zero-order valence-corrected chi connectivity index (χ0v) is 7.09. The van der Waals surface area contributed by atoms with E-state index in [1.807, 2.05) is 6.92 Å². The largest absolute Gasteiger partial charge is 0.388 e. The van der Waals surface area contributed by atoms with Crippen LogP contribution in [-0.4, -0.2) is 11.2 Å². The van der Waals surface area contributed by atoms with Crippen LogP contribution in [0.2, 0.25) is 0 Å². The van der Waals surface area contributed by atoms with Crippen molar-refractivity contribution in [2.24, 2.45) is 17.8 Å². The topological polar surface area (TPSA) is 20.2 Å². The second-order valence-electron chi connectivity index (χ2n) is 4.13. The molecular weight excluding hydrogens is 136 g/mol. The van der Waals surface area contributed by atoms with Crippen LogP contribution >= 0.6 is 0 Å². The molecular formula is C10H16O. The van der Waals surface area contributed by atoms with E-state index in [4.69, 9.17) is 0 Å².